The van der Waals surface area contributed by atoms with Gasteiger partial charge in [-0.1, -0.05) is 30.3 Å². The van der Waals surface area contributed by atoms with Gasteiger partial charge < -0.3 is 24.8 Å². The molecule has 7 nitrogen and oxygen atoms in total. The van der Waals surface area contributed by atoms with Crippen LogP contribution in [0.1, 0.15) is 18.1 Å². The summed E-state index contributed by atoms with van der Waals surface area (Å²) in [4.78, 5) is 24.3. The second-order valence-corrected chi connectivity index (χ2v) is 6.47. The van der Waals surface area contributed by atoms with Crippen molar-refractivity contribution in [3.05, 3.63) is 59.7 Å². The number of benzene rings is 2. The van der Waals surface area contributed by atoms with Gasteiger partial charge in [-0.15, -0.1) is 0 Å². The highest BCUT2D eigenvalue weighted by atomic mass is 19.4. The van der Waals surface area contributed by atoms with Gasteiger partial charge in [0.15, 0.2) is 0 Å². The maximum Gasteiger partial charge on any atom is 0.416 e. The maximum absolute atomic E-state index is 13.1. The Kier molecular flexibility index (Phi) is 8.68. The smallest absolute Gasteiger partial charge is 0.416 e. The van der Waals surface area contributed by atoms with Gasteiger partial charge in [0.05, 0.1) is 17.9 Å². The number of carbonyl (C=O) groups excluding carboxylic acids is 2. The van der Waals surface area contributed by atoms with Crippen molar-refractivity contribution in [2.75, 3.05) is 25.6 Å². The van der Waals surface area contributed by atoms with E-state index < -0.39 is 29.8 Å². The average molecular weight is 440 g/mol. The Hall–Kier alpha value is -3.27. The summed E-state index contributed by atoms with van der Waals surface area (Å²) in [7, 11) is 1.45. The van der Waals surface area contributed by atoms with Crippen LogP contribution in [0.5, 0.6) is 5.75 Å². The summed E-state index contributed by atoms with van der Waals surface area (Å²) < 4.78 is 54.4. The fourth-order valence-corrected chi connectivity index (χ4v) is 2.41. The molecule has 31 heavy (non-hydrogen) atoms. The van der Waals surface area contributed by atoms with E-state index in [9.17, 15) is 22.8 Å². The molecule has 2 amide bonds. The van der Waals surface area contributed by atoms with E-state index >= 15 is 0 Å². The van der Waals surface area contributed by atoms with Gasteiger partial charge in [0.1, 0.15) is 25.0 Å². The number of methoxy groups -OCH3 is 1. The van der Waals surface area contributed by atoms with Crippen molar-refractivity contribution >= 4 is 17.7 Å². The van der Waals surface area contributed by atoms with E-state index in [1.807, 2.05) is 6.07 Å². The summed E-state index contributed by atoms with van der Waals surface area (Å²) in [5, 5.41) is 4.68. The highest BCUT2D eigenvalue weighted by Crippen LogP contribution is 2.35. The third-order valence-corrected chi connectivity index (χ3v) is 4.05. The molecule has 0 radical (unpaired) electrons. The number of rotatable bonds is 9. The van der Waals surface area contributed by atoms with E-state index in [1.165, 1.54) is 14.0 Å². The topological polar surface area (TPSA) is 85.9 Å². The van der Waals surface area contributed by atoms with Crippen molar-refractivity contribution < 1.29 is 37.0 Å². The number of alkyl halides is 3. The molecule has 0 saturated heterocycles. The van der Waals surface area contributed by atoms with Crippen LogP contribution in [0.4, 0.5) is 23.7 Å². The highest BCUT2D eigenvalue weighted by molar-refractivity contribution is 5.97. The number of alkyl carbamates (subject to hydrolysis) is 1. The summed E-state index contributed by atoms with van der Waals surface area (Å²) in [5.41, 5.74) is -0.372. The Morgan fingerprint density at radius 2 is 1.77 bits per heavy atom. The van der Waals surface area contributed by atoms with Gasteiger partial charge in [-0.3, -0.25) is 4.79 Å². The lowest BCUT2D eigenvalue weighted by Gasteiger charge is -2.18. The highest BCUT2D eigenvalue weighted by Gasteiger charge is 2.31. The van der Waals surface area contributed by atoms with Gasteiger partial charge in [-0.05, 0) is 30.7 Å². The molecular formula is C21H23F3N2O5. The number of carbonyl (C=O) groups is 2. The molecule has 2 N–H and O–H groups in total. The summed E-state index contributed by atoms with van der Waals surface area (Å²) in [6, 6.07) is 10.6. The largest absolute Gasteiger partial charge is 0.489 e. The molecule has 0 aliphatic carbocycles. The molecule has 0 bridgehead atoms. The predicted molar refractivity (Wildman–Crippen MR) is 107 cm³/mol. The molecule has 0 unspecified atom stereocenters. The molecule has 0 aliphatic rings. The van der Waals surface area contributed by atoms with E-state index in [-0.39, 0.29) is 31.3 Å². The Morgan fingerprint density at radius 3 is 2.42 bits per heavy atom. The molecule has 10 heteroatoms. The fraction of sp³-hybridized carbons (Fsp3) is 0.333. The molecule has 0 saturated carbocycles. The summed E-state index contributed by atoms with van der Waals surface area (Å²) >= 11 is 0. The number of amides is 2. The number of nitrogens with one attached hydrogen (secondary N) is 2. The molecule has 2 aromatic rings. The van der Waals surface area contributed by atoms with Crippen LogP contribution in [0.25, 0.3) is 0 Å². The molecule has 2 aromatic carbocycles. The Bertz CT molecular complexity index is 875. The molecule has 2 rings (SSSR count). The first-order valence-electron chi connectivity index (χ1n) is 9.31. The van der Waals surface area contributed by atoms with Gasteiger partial charge in [0.2, 0.25) is 5.91 Å². The van der Waals surface area contributed by atoms with Crippen molar-refractivity contribution in [3.8, 4) is 5.75 Å². The first-order valence-corrected chi connectivity index (χ1v) is 9.31. The number of anilines is 1. The first-order chi connectivity index (χ1) is 14.7. The number of hydrogen-bond acceptors (Lipinski definition) is 5. The summed E-state index contributed by atoms with van der Waals surface area (Å²) in [6.07, 6.45) is -5.44. The molecule has 0 aromatic heterocycles. The van der Waals surface area contributed by atoms with E-state index in [2.05, 4.69) is 10.6 Å². The van der Waals surface area contributed by atoms with Crippen LogP contribution >= 0.6 is 0 Å². The molecule has 0 spiro atoms. The van der Waals surface area contributed by atoms with Crippen LogP contribution in [0.3, 0.4) is 0 Å². The van der Waals surface area contributed by atoms with Crippen molar-refractivity contribution in [1.29, 1.82) is 0 Å². The lowest BCUT2D eigenvalue weighted by molar-refractivity contribution is -0.137. The normalized spacial score (nSPS) is 12.0. The number of hydrogen-bond donors (Lipinski definition) is 2. The quantitative estimate of drug-likeness (QED) is 0.576. The zero-order valence-electron chi connectivity index (χ0n) is 17.0. The summed E-state index contributed by atoms with van der Waals surface area (Å²) in [5.74, 6) is -0.704. The lowest BCUT2D eigenvalue weighted by atomic mass is 10.1. The molecule has 168 valence electrons. The van der Waals surface area contributed by atoms with Crippen LogP contribution < -0.4 is 15.4 Å². The van der Waals surface area contributed by atoms with E-state index in [1.54, 1.807) is 24.3 Å². The van der Waals surface area contributed by atoms with Crippen LogP contribution in [0.2, 0.25) is 0 Å². The SMILES string of the molecule is COCCOc1ccc(C(F)(F)F)cc1NC(=O)[C@H](C)NC(=O)OCc1ccccc1. The van der Waals surface area contributed by atoms with Crippen LogP contribution in [-0.4, -0.2) is 38.4 Å². The lowest BCUT2D eigenvalue weighted by Crippen LogP contribution is -2.41. The predicted octanol–water partition coefficient (Wildman–Crippen LogP) is 3.98. The molecule has 0 heterocycles. The third kappa shape index (κ3) is 7.82. The maximum atomic E-state index is 13.1. The fourth-order valence-electron chi connectivity index (χ4n) is 2.41. The summed E-state index contributed by atoms with van der Waals surface area (Å²) in [6.45, 7) is 1.66. The number of halogens is 3. The second kappa shape index (κ2) is 11.2. The zero-order valence-corrected chi connectivity index (χ0v) is 17.0. The second-order valence-electron chi connectivity index (χ2n) is 6.47. The van der Waals surface area contributed by atoms with E-state index in [0.717, 1.165) is 23.8 Å². The first kappa shape index (κ1) is 24.0. The van der Waals surface area contributed by atoms with Gasteiger partial charge >= 0.3 is 12.3 Å². The van der Waals surface area contributed by atoms with Crippen molar-refractivity contribution in [1.82, 2.24) is 5.32 Å². The monoisotopic (exact) mass is 440 g/mol. The van der Waals surface area contributed by atoms with Gasteiger partial charge in [-0.2, -0.15) is 13.2 Å². The van der Waals surface area contributed by atoms with Crippen molar-refractivity contribution in [2.45, 2.75) is 25.7 Å². The minimum absolute atomic E-state index is 0.00608. The Morgan fingerprint density at radius 1 is 1.06 bits per heavy atom. The zero-order chi connectivity index (χ0) is 22.9. The van der Waals surface area contributed by atoms with E-state index in [0.29, 0.717) is 0 Å². The molecule has 0 fully saturated rings. The third-order valence-electron chi connectivity index (χ3n) is 4.05. The Labute approximate surface area is 177 Å². The van der Waals surface area contributed by atoms with E-state index in [4.69, 9.17) is 14.2 Å². The van der Waals surface area contributed by atoms with Gasteiger partial charge in [0, 0.05) is 7.11 Å². The van der Waals surface area contributed by atoms with Crippen molar-refractivity contribution in [2.24, 2.45) is 0 Å². The van der Waals surface area contributed by atoms with Crippen LogP contribution in [-0.2, 0) is 27.1 Å². The minimum atomic E-state index is -4.60. The number of ether oxygens (including phenoxy) is 3. The molecule has 1 atom stereocenters. The Balaban J connectivity index is 2.01. The van der Waals surface area contributed by atoms with Crippen molar-refractivity contribution in [3.63, 3.8) is 0 Å². The van der Waals surface area contributed by atoms with Crippen LogP contribution in [0.15, 0.2) is 48.5 Å². The molecule has 0 aliphatic heterocycles. The minimum Gasteiger partial charge on any atom is -0.489 e. The van der Waals surface area contributed by atoms with Gasteiger partial charge in [0.25, 0.3) is 0 Å². The average Bonchev–Trinajstić information content (AvgIpc) is 2.73. The van der Waals surface area contributed by atoms with Crippen LogP contribution in [0, 0.1) is 0 Å². The molecular weight excluding hydrogens is 417 g/mol. The standard InChI is InChI=1S/C21H23F3N2O5/c1-14(25-20(28)31-13-15-6-4-3-5-7-15)19(27)26-17-12-16(21(22,23)24)8-9-18(17)30-11-10-29-2/h3-9,12,14H,10-11,13H2,1-2H3,(H,25,28)(H,26,27)/t14-/m0/s1. The van der Waals surface area contributed by atoms with Gasteiger partial charge in [-0.25, -0.2) is 4.79 Å².